The SMILES string of the molecule is CC.CCCCCCCOc1ccc(C(=O)Oc2ccc(CN(CC(=O)OC(C)(C)C)C(=O)c3ccc([N+](=O)[O-])cc3)cc2)cc1. The second-order valence-corrected chi connectivity index (χ2v) is 11.4. The van der Waals surface area contributed by atoms with Gasteiger partial charge in [0.05, 0.1) is 17.1 Å². The van der Waals surface area contributed by atoms with Crippen molar-refractivity contribution in [2.24, 2.45) is 0 Å². The topological polar surface area (TPSA) is 125 Å². The van der Waals surface area contributed by atoms with Crippen LogP contribution in [-0.4, -0.2) is 46.4 Å². The molecule has 0 spiro atoms. The normalized spacial score (nSPS) is 10.7. The van der Waals surface area contributed by atoms with E-state index < -0.39 is 28.4 Å². The Hall–Kier alpha value is -4.73. The van der Waals surface area contributed by atoms with Crippen molar-refractivity contribution in [3.63, 3.8) is 0 Å². The van der Waals surface area contributed by atoms with Gasteiger partial charge >= 0.3 is 11.9 Å². The molecule has 0 aliphatic carbocycles. The first kappa shape index (κ1) is 37.5. The van der Waals surface area contributed by atoms with Gasteiger partial charge in [0.1, 0.15) is 23.6 Å². The van der Waals surface area contributed by atoms with E-state index in [0.717, 1.165) is 12.8 Å². The highest BCUT2D eigenvalue weighted by molar-refractivity contribution is 5.96. The van der Waals surface area contributed by atoms with E-state index in [1.807, 2.05) is 13.8 Å². The van der Waals surface area contributed by atoms with Gasteiger partial charge in [-0.3, -0.25) is 19.7 Å². The number of rotatable bonds is 15. The fourth-order valence-electron chi connectivity index (χ4n) is 4.27. The minimum Gasteiger partial charge on any atom is -0.494 e. The first-order valence-corrected chi connectivity index (χ1v) is 15.7. The van der Waals surface area contributed by atoms with E-state index in [1.54, 1.807) is 69.3 Å². The van der Waals surface area contributed by atoms with Gasteiger partial charge in [0.15, 0.2) is 0 Å². The number of nitro benzene ring substituents is 1. The van der Waals surface area contributed by atoms with Crippen LogP contribution in [0, 0.1) is 10.1 Å². The van der Waals surface area contributed by atoms with E-state index in [9.17, 15) is 24.5 Å². The average molecular weight is 635 g/mol. The minimum atomic E-state index is -0.744. The van der Waals surface area contributed by atoms with Crippen molar-refractivity contribution >= 4 is 23.5 Å². The van der Waals surface area contributed by atoms with E-state index in [2.05, 4.69) is 6.92 Å². The van der Waals surface area contributed by atoms with Gasteiger partial charge in [-0.15, -0.1) is 0 Å². The highest BCUT2D eigenvalue weighted by Gasteiger charge is 2.24. The van der Waals surface area contributed by atoms with Crippen molar-refractivity contribution in [2.75, 3.05) is 13.2 Å². The third-order valence-corrected chi connectivity index (χ3v) is 6.47. The smallest absolute Gasteiger partial charge is 0.343 e. The van der Waals surface area contributed by atoms with Crippen molar-refractivity contribution in [2.45, 2.75) is 85.8 Å². The van der Waals surface area contributed by atoms with Crippen LogP contribution in [0.1, 0.15) is 99.9 Å². The fourth-order valence-corrected chi connectivity index (χ4v) is 4.27. The van der Waals surface area contributed by atoms with Crippen LogP contribution in [0.4, 0.5) is 5.69 Å². The molecule has 3 aromatic rings. The molecule has 3 aromatic carbocycles. The summed E-state index contributed by atoms with van der Waals surface area (Å²) in [6.07, 6.45) is 5.76. The Kier molecular flexibility index (Phi) is 15.4. The number of esters is 2. The summed E-state index contributed by atoms with van der Waals surface area (Å²) in [5, 5.41) is 11.0. The third-order valence-electron chi connectivity index (χ3n) is 6.47. The molecule has 0 heterocycles. The van der Waals surface area contributed by atoms with Crippen LogP contribution in [-0.2, 0) is 16.1 Å². The minimum absolute atomic E-state index is 0.0450. The van der Waals surface area contributed by atoms with Crippen molar-refractivity contribution in [3.05, 3.63) is 99.6 Å². The molecular formula is C36H46N2O8. The maximum absolute atomic E-state index is 13.3. The molecule has 0 N–H and O–H groups in total. The summed E-state index contributed by atoms with van der Waals surface area (Å²) in [7, 11) is 0. The predicted octanol–water partition coefficient (Wildman–Crippen LogP) is 8.17. The molecule has 0 radical (unpaired) electrons. The monoisotopic (exact) mass is 634 g/mol. The largest absolute Gasteiger partial charge is 0.494 e. The summed E-state index contributed by atoms with van der Waals surface area (Å²) >= 11 is 0. The summed E-state index contributed by atoms with van der Waals surface area (Å²) in [5.74, 6) is -0.609. The zero-order valence-corrected chi connectivity index (χ0v) is 27.7. The Labute approximate surface area is 271 Å². The molecule has 1 amide bonds. The summed E-state index contributed by atoms with van der Waals surface area (Å²) in [4.78, 5) is 50.3. The number of carbonyl (C=O) groups excluding carboxylic acids is 3. The van der Waals surface area contributed by atoms with Crippen LogP contribution in [0.25, 0.3) is 0 Å². The number of benzene rings is 3. The molecule has 0 atom stereocenters. The van der Waals surface area contributed by atoms with E-state index in [-0.39, 0.29) is 24.3 Å². The van der Waals surface area contributed by atoms with Crippen molar-refractivity contribution < 1.29 is 33.5 Å². The third kappa shape index (κ3) is 13.1. The van der Waals surface area contributed by atoms with Gasteiger partial charge in [-0.1, -0.05) is 58.6 Å². The molecule has 46 heavy (non-hydrogen) atoms. The number of non-ortho nitro benzene ring substituents is 1. The van der Waals surface area contributed by atoms with Crippen LogP contribution >= 0.6 is 0 Å². The lowest BCUT2D eigenvalue weighted by atomic mass is 10.1. The zero-order valence-electron chi connectivity index (χ0n) is 27.7. The number of hydrogen-bond donors (Lipinski definition) is 0. The van der Waals surface area contributed by atoms with E-state index in [0.29, 0.717) is 29.2 Å². The lowest BCUT2D eigenvalue weighted by Gasteiger charge is -2.25. The van der Waals surface area contributed by atoms with E-state index in [1.165, 1.54) is 48.4 Å². The molecule has 0 fully saturated rings. The van der Waals surface area contributed by atoms with Crippen molar-refractivity contribution in [3.8, 4) is 11.5 Å². The molecule has 248 valence electrons. The van der Waals surface area contributed by atoms with Crippen LogP contribution in [0.15, 0.2) is 72.8 Å². The van der Waals surface area contributed by atoms with Crippen LogP contribution in [0.3, 0.4) is 0 Å². The second kappa shape index (κ2) is 18.9. The predicted molar refractivity (Wildman–Crippen MR) is 177 cm³/mol. The maximum atomic E-state index is 13.3. The zero-order chi connectivity index (χ0) is 34.1. The number of unbranched alkanes of at least 4 members (excludes halogenated alkanes) is 4. The molecule has 0 unspecified atom stereocenters. The second-order valence-electron chi connectivity index (χ2n) is 11.4. The lowest BCUT2D eigenvalue weighted by molar-refractivity contribution is -0.384. The molecule has 0 saturated carbocycles. The Morgan fingerprint density at radius 1 is 0.783 bits per heavy atom. The number of ether oxygens (including phenoxy) is 3. The molecule has 0 saturated heterocycles. The van der Waals surface area contributed by atoms with Gasteiger partial charge in [0, 0.05) is 24.2 Å². The Morgan fingerprint density at radius 2 is 1.35 bits per heavy atom. The highest BCUT2D eigenvalue weighted by atomic mass is 16.6. The molecular weight excluding hydrogens is 588 g/mol. The number of hydrogen-bond acceptors (Lipinski definition) is 8. The molecule has 0 bridgehead atoms. The first-order chi connectivity index (χ1) is 21.9. The van der Waals surface area contributed by atoms with E-state index >= 15 is 0 Å². The van der Waals surface area contributed by atoms with Gasteiger partial charge in [0.2, 0.25) is 0 Å². The number of nitro groups is 1. The lowest BCUT2D eigenvalue weighted by Crippen LogP contribution is -2.38. The van der Waals surface area contributed by atoms with Crippen LogP contribution in [0.2, 0.25) is 0 Å². The molecule has 10 heteroatoms. The summed E-state index contributed by atoms with van der Waals surface area (Å²) in [5.41, 5.74) is 0.337. The standard InChI is InChI=1S/C34H40N2O8.C2H6/c1-5-6-7-8-9-22-42-29-20-14-27(15-21-29)33(39)43-30-18-10-25(11-19-30)23-35(24-31(37)44-34(2,3)4)32(38)26-12-16-28(17-13-26)36(40)41;1-2/h10-21H,5-9,22-24H2,1-4H3;1-2H3. The molecule has 3 rings (SSSR count). The number of nitrogens with zero attached hydrogens (tertiary/aromatic N) is 2. The molecule has 10 nitrogen and oxygen atoms in total. The Morgan fingerprint density at radius 3 is 1.91 bits per heavy atom. The summed E-state index contributed by atoms with van der Waals surface area (Å²) in [6.45, 7) is 11.7. The molecule has 0 aliphatic heterocycles. The quantitative estimate of drug-likeness (QED) is 0.0539. The summed E-state index contributed by atoms with van der Waals surface area (Å²) in [6, 6.07) is 18.5. The summed E-state index contributed by atoms with van der Waals surface area (Å²) < 4.78 is 16.7. The van der Waals surface area contributed by atoms with Crippen LogP contribution < -0.4 is 9.47 Å². The Balaban J connectivity index is 0.00000361. The van der Waals surface area contributed by atoms with Gasteiger partial charge < -0.3 is 19.1 Å². The fraction of sp³-hybridized carbons (Fsp3) is 0.417. The highest BCUT2D eigenvalue weighted by Crippen LogP contribution is 2.20. The average Bonchev–Trinajstić information content (AvgIpc) is 3.03. The van der Waals surface area contributed by atoms with Gasteiger partial charge in [-0.05, 0) is 81.3 Å². The number of carbonyl (C=O) groups is 3. The molecule has 0 aliphatic rings. The first-order valence-electron chi connectivity index (χ1n) is 15.7. The van der Waals surface area contributed by atoms with E-state index in [4.69, 9.17) is 14.2 Å². The Bertz CT molecular complexity index is 1400. The van der Waals surface area contributed by atoms with Crippen LogP contribution in [0.5, 0.6) is 11.5 Å². The van der Waals surface area contributed by atoms with Gasteiger partial charge in [-0.25, -0.2) is 4.79 Å². The van der Waals surface area contributed by atoms with Crippen molar-refractivity contribution in [1.29, 1.82) is 0 Å². The van der Waals surface area contributed by atoms with Crippen molar-refractivity contribution in [1.82, 2.24) is 4.90 Å². The van der Waals surface area contributed by atoms with Gasteiger partial charge in [0.25, 0.3) is 11.6 Å². The number of amides is 1. The van der Waals surface area contributed by atoms with Gasteiger partial charge in [-0.2, -0.15) is 0 Å². The molecule has 0 aromatic heterocycles. The maximum Gasteiger partial charge on any atom is 0.343 e.